The third kappa shape index (κ3) is 10.1. The summed E-state index contributed by atoms with van der Waals surface area (Å²) in [7, 11) is 0. The van der Waals surface area contributed by atoms with E-state index in [4.69, 9.17) is 19.5 Å². The zero-order valence-corrected chi connectivity index (χ0v) is 11.3. The minimum absolute atomic E-state index is 0.219. The van der Waals surface area contributed by atoms with E-state index in [1.807, 2.05) is 6.92 Å². The van der Waals surface area contributed by atoms with E-state index in [2.05, 4.69) is 6.92 Å². The molecule has 1 unspecified atom stereocenters. The first-order chi connectivity index (χ1) is 8.74. The molecule has 5 nitrogen and oxygen atoms in total. The minimum Gasteiger partial charge on any atom is -0.432 e. The summed E-state index contributed by atoms with van der Waals surface area (Å²) < 4.78 is 15.5. The molecule has 0 aliphatic heterocycles. The number of esters is 1. The van der Waals surface area contributed by atoms with Crippen molar-refractivity contribution < 1.29 is 19.0 Å². The predicted octanol–water partition coefficient (Wildman–Crippen LogP) is 2.40. The molecule has 0 aromatic carbocycles. The van der Waals surface area contributed by atoms with E-state index in [1.54, 1.807) is 6.07 Å². The second-order valence-electron chi connectivity index (χ2n) is 3.85. The van der Waals surface area contributed by atoms with Crippen LogP contribution in [0.1, 0.15) is 46.0 Å². The van der Waals surface area contributed by atoms with Crippen LogP contribution in [0.2, 0.25) is 0 Å². The normalized spacial score (nSPS) is 11.8. The third-order valence-electron chi connectivity index (χ3n) is 2.24. The molecule has 1 atom stereocenters. The Morgan fingerprint density at radius 1 is 1.28 bits per heavy atom. The number of nitriles is 1. The van der Waals surface area contributed by atoms with Gasteiger partial charge >= 0.3 is 5.97 Å². The zero-order chi connectivity index (χ0) is 13.6. The Morgan fingerprint density at radius 3 is 2.67 bits per heavy atom. The maximum absolute atomic E-state index is 11.1. The first kappa shape index (κ1) is 16.9. The fraction of sp³-hybridized carbons (Fsp3) is 0.846. The van der Waals surface area contributed by atoms with Gasteiger partial charge in [0.05, 0.1) is 6.07 Å². The predicted molar refractivity (Wildman–Crippen MR) is 66.7 cm³/mol. The lowest BCUT2D eigenvalue weighted by Crippen LogP contribution is -2.26. The number of carbonyl (C=O) groups is 1. The van der Waals surface area contributed by atoms with Gasteiger partial charge in [-0.2, -0.15) is 5.26 Å². The second-order valence-corrected chi connectivity index (χ2v) is 3.85. The summed E-state index contributed by atoms with van der Waals surface area (Å²) in [5.74, 6) is -0.578. The van der Waals surface area contributed by atoms with Crippen LogP contribution in [-0.4, -0.2) is 32.1 Å². The van der Waals surface area contributed by atoms with E-state index in [9.17, 15) is 4.79 Å². The molecule has 0 aliphatic carbocycles. The van der Waals surface area contributed by atoms with Gasteiger partial charge in [0.15, 0.2) is 0 Å². The van der Waals surface area contributed by atoms with Crippen LogP contribution in [-0.2, 0) is 19.0 Å². The Hall–Kier alpha value is -1.12. The minimum atomic E-state index is -0.706. The summed E-state index contributed by atoms with van der Waals surface area (Å²) in [6.45, 7) is 5.26. The lowest BCUT2D eigenvalue weighted by Gasteiger charge is -2.17. The van der Waals surface area contributed by atoms with Crippen molar-refractivity contribution in [1.29, 1.82) is 5.26 Å². The number of rotatable bonds is 11. The second kappa shape index (κ2) is 12.3. The summed E-state index contributed by atoms with van der Waals surface area (Å²) in [5.41, 5.74) is 0. The molecule has 0 heterocycles. The van der Waals surface area contributed by atoms with Crippen LogP contribution in [0.15, 0.2) is 0 Å². The number of unbranched alkanes of at least 4 members (excludes halogenated alkanes) is 3. The van der Waals surface area contributed by atoms with E-state index in [0.717, 1.165) is 12.8 Å². The first-order valence-corrected chi connectivity index (χ1v) is 6.50. The summed E-state index contributed by atoms with van der Waals surface area (Å²) in [5, 5.41) is 8.35. The van der Waals surface area contributed by atoms with Crippen LogP contribution in [0.25, 0.3) is 0 Å². The van der Waals surface area contributed by atoms with Crippen LogP contribution < -0.4 is 0 Å². The van der Waals surface area contributed by atoms with Gasteiger partial charge in [0.25, 0.3) is 0 Å². The largest absolute Gasteiger partial charge is 0.432 e. The van der Waals surface area contributed by atoms with Crippen LogP contribution in [0.4, 0.5) is 0 Å². The van der Waals surface area contributed by atoms with Gasteiger partial charge < -0.3 is 14.2 Å². The summed E-state index contributed by atoms with van der Waals surface area (Å²) in [6.07, 6.45) is 3.56. The SMILES string of the molecule is CCCCCCOCC(OCC)OC(=O)CC#N. The highest BCUT2D eigenvalue weighted by Crippen LogP contribution is 2.02. The van der Waals surface area contributed by atoms with E-state index in [-0.39, 0.29) is 13.0 Å². The molecule has 0 bridgehead atoms. The first-order valence-electron chi connectivity index (χ1n) is 6.50. The van der Waals surface area contributed by atoms with Gasteiger partial charge in [-0.3, -0.25) is 4.79 Å². The maximum Gasteiger partial charge on any atom is 0.322 e. The molecule has 0 aliphatic rings. The molecule has 18 heavy (non-hydrogen) atoms. The van der Waals surface area contributed by atoms with Crippen LogP contribution in [0.3, 0.4) is 0 Å². The summed E-state index contributed by atoms with van der Waals surface area (Å²) in [6, 6.07) is 1.73. The standard InChI is InChI=1S/C13H23NO4/c1-3-5-6-7-10-16-11-13(17-4-2)18-12(15)8-9-14/h13H,3-8,10-11H2,1-2H3. The van der Waals surface area contributed by atoms with Crippen molar-refractivity contribution in [2.24, 2.45) is 0 Å². The quantitative estimate of drug-likeness (QED) is 0.323. The molecule has 0 amide bonds. The Kier molecular flexibility index (Phi) is 11.6. The summed E-state index contributed by atoms with van der Waals surface area (Å²) in [4.78, 5) is 11.1. The van der Waals surface area contributed by atoms with Gasteiger partial charge in [0.1, 0.15) is 13.0 Å². The highest BCUT2D eigenvalue weighted by molar-refractivity contribution is 5.71. The average molecular weight is 257 g/mol. The number of ether oxygens (including phenoxy) is 3. The average Bonchev–Trinajstić information content (AvgIpc) is 2.34. The molecule has 5 heteroatoms. The van der Waals surface area contributed by atoms with Crippen molar-refractivity contribution in [2.45, 2.75) is 52.2 Å². The van der Waals surface area contributed by atoms with Gasteiger partial charge in [0.2, 0.25) is 6.29 Å². The van der Waals surface area contributed by atoms with E-state index in [1.165, 1.54) is 12.8 Å². The fourth-order valence-electron chi connectivity index (χ4n) is 1.37. The van der Waals surface area contributed by atoms with E-state index < -0.39 is 12.3 Å². The molecule has 0 N–H and O–H groups in total. The van der Waals surface area contributed by atoms with Gasteiger partial charge in [-0.1, -0.05) is 26.2 Å². The van der Waals surface area contributed by atoms with Crippen LogP contribution in [0, 0.1) is 11.3 Å². The topological polar surface area (TPSA) is 68.6 Å². The lowest BCUT2D eigenvalue weighted by atomic mass is 10.2. The number of nitrogens with zero attached hydrogens (tertiary/aromatic N) is 1. The van der Waals surface area contributed by atoms with E-state index in [0.29, 0.717) is 13.2 Å². The fourth-order valence-corrected chi connectivity index (χ4v) is 1.37. The molecule has 0 saturated carbocycles. The maximum atomic E-state index is 11.1. The zero-order valence-electron chi connectivity index (χ0n) is 11.3. The molecule has 0 radical (unpaired) electrons. The molecule has 0 aromatic heterocycles. The molecular weight excluding hydrogens is 234 g/mol. The summed E-state index contributed by atoms with van der Waals surface area (Å²) >= 11 is 0. The van der Waals surface area contributed by atoms with E-state index >= 15 is 0 Å². The molecule has 0 rings (SSSR count). The van der Waals surface area contributed by atoms with Crippen molar-refractivity contribution in [3.05, 3.63) is 0 Å². The molecule has 104 valence electrons. The third-order valence-corrected chi connectivity index (χ3v) is 2.24. The van der Waals surface area contributed by atoms with Gasteiger partial charge in [-0.25, -0.2) is 0 Å². The van der Waals surface area contributed by atoms with Crippen molar-refractivity contribution in [3.8, 4) is 6.07 Å². The van der Waals surface area contributed by atoms with Gasteiger partial charge in [-0.05, 0) is 13.3 Å². The molecule has 0 aromatic rings. The Balaban J connectivity index is 3.69. The molecular formula is C13H23NO4. The molecule has 0 spiro atoms. The Bertz CT molecular complexity index is 250. The van der Waals surface area contributed by atoms with Crippen molar-refractivity contribution >= 4 is 5.97 Å². The Morgan fingerprint density at radius 2 is 2.06 bits per heavy atom. The van der Waals surface area contributed by atoms with Crippen molar-refractivity contribution in [2.75, 3.05) is 19.8 Å². The highest BCUT2D eigenvalue weighted by atomic mass is 16.7. The molecule has 0 saturated heterocycles. The number of carbonyl (C=O) groups excluding carboxylic acids is 1. The lowest BCUT2D eigenvalue weighted by molar-refractivity contribution is -0.188. The van der Waals surface area contributed by atoms with Crippen molar-refractivity contribution in [1.82, 2.24) is 0 Å². The number of hydrogen-bond acceptors (Lipinski definition) is 5. The van der Waals surface area contributed by atoms with Crippen LogP contribution >= 0.6 is 0 Å². The monoisotopic (exact) mass is 257 g/mol. The van der Waals surface area contributed by atoms with Crippen molar-refractivity contribution in [3.63, 3.8) is 0 Å². The van der Waals surface area contributed by atoms with Crippen LogP contribution in [0.5, 0.6) is 0 Å². The molecule has 0 fully saturated rings. The highest BCUT2D eigenvalue weighted by Gasteiger charge is 2.14. The number of hydrogen-bond donors (Lipinski definition) is 0. The van der Waals surface area contributed by atoms with Gasteiger partial charge in [-0.15, -0.1) is 0 Å². The van der Waals surface area contributed by atoms with Gasteiger partial charge in [0, 0.05) is 13.2 Å². The smallest absolute Gasteiger partial charge is 0.322 e. The Labute approximate surface area is 109 Å².